The average molecular weight is 142 g/mol. The van der Waals surface area contributed by atoms with Crippen LogP contribution >= 0.6 is 0 Å². The minimum atomic E-state index is -0.615. The van der Waals surface area contributed by atoms with Crippen LogP contribution < -0.4 is 5.32 Å². The highest BCUT2D eigenvalue weighted by Gasteiger charge is 1.96. The van der Waals surface area contributed by atoms with E-state index in [0.29, 0.717) is 12.5 Å². The van der Waals surface area contributed by atoms with Crippen molar-refractivity contribution in [2.75, 3.05) is 6.54 Å². The van der Waals surface area contributed by atoms with Gasteiger partial charge in [-0.2, -0.15) is 0 Å². The van der Waals surface area contributed by atoms with Crippen molar-refractivity contribution in [1.82, 2.24) is 5.32 Å². The SMILES string of the molecule is CC(C)CNC(=O)N=[N+]=[N-]. The molecule has 0 heterocycles. The maximum Gasteiger partial charge on any atom is 0.308 e. The lowest BCUT2D eigenvalue weighted by atomic mass is 10.2. The lowest BCUT2D eigenvalue weighted by molar-refractivity contribution is 0.247. The molecule has 0 atom stereocenters. The lowest BCUT2D eigenvalue weighted by Gasteiger charge is -2.02. The highest BCUT2D eigenvalue weighted by atomic mass is 16.2. The molecule has 0 aromatic carbocycles. The zero-order valence-electron chi connectivity index (χ0n) is 6.03. The summed E-state index contributed by atoms with van der Waals surface area (Å²) in [5.74, 6) is 0.373. The number of amides is 2. The van der Waals surface area contributed by atoms with Gasteiger partial charge in [0.2, 0.25) is 0 Å². The van der Waals surface area contributed by atoms with E-state index < -0.39 is 6.03 Å². The van der Waals surface area contributed by atoms with Crippen molar-refractivity contribution in [3.8, 4) is 0 Å². The summed E-state index contributed by atoms with van der Waals surface area (Å²) in [5, 5.41) is 5.25. The van der Waals surface area contributed by atoms with E-state index in [1.54, 1.807) is 0 Å². The van der Waals surface area contributed by atoms with Crippen LogP contribution in [0.2, 0.25) is 0 Å². The Morgan fingerprint density at radius 3 is 2.80 bits per heavy atom. The van der Waals surface area contributed by atoms with E-state index >= 15 is 0 Å². The molecule has 0 aliphatic heterocycles. The van der Waals surface area contributed by atoms with Crippen molar-refractivity contribution in [1.29, 1.82) is 0 Å². The minimum Gasteiger partial charge on any atom is -0.350 e. The fourth-order valence-corrected chi connectivity index (χ4v) is 0.367. The fraction of sp³-hybridized carbons (Fsp3) is 0.800. The Morgan fingerprint density at radius 2 is 2.40 bits per heavy atom. The van der Waals surface area contributed by atoms with E-state index in [9.17, 15) is 4.79 Å². The maximum atomic E-state index is 10.4. The van der Waals surface area contributed by atoms with Crippen LogP contribution in [0.25, 0.3) is 10.4 Å². The molecule has 56 valence electrons. The second kappa shape index (κ2) is 4.64. The van der Waals surface area contributed by atoms with Crippen molar-refractivity contribution in [3.05, 3.63) is 10.4 Å². The molecule has 5 heteroatoms. The predicted octanol–water partition coefficient (Wildman–Crippen LogP) is 1.66. The van der Waals surface area contributed by atoms with E-state index in [1.165, 1.54) is 0 Å². The standard InChI is InChI=1S/C5H10N4O/c1-4(2)3-7-5(10)8-9-6/h4H,3H2,1-2H3,(H,7,10). The van der Waals surface area contributed by atoms with Crippen molar-refractivity contribution >= 4 is 6.03 Å². The molecule has 0 bridgehead atoms. The van der Waals surface area contributed by atoms with E-state index in [-0.39, 0.29) is 0 Å². The summed E-state index contributed by atoms with van der Waals surface area (Å²) < 4.78 is 0. The van der Waals surface area contributed by atoms with Crippen molar-refractivity contribution in [3.63, 3.8) is 0 Å². The second-order valence-electron chi connectivity index (χ2n) is 2.27. The molecule has 0 aromatic heterocycles. The zero-order chi connectivity index (χ0) is 7.98. The van der Waals surface area contributed by atoms with Crippen LogP contribution in [0.4, 0.5) is 4.79 Å². The van der Waals surface area contributed by atoms with Gasteiger partial charge in [-0.3, -0.25) is 4.79 Å². The number of nitrogens with zero attached hydrogens (tertiary/aromatic N) is 3. The third kappa shape index (κ3) is 4.93. The van der Waals surface area contributed by atoms with Crippen molar-refractivity contribution < 1.29 is 4.79 Å². The predicted molar refractivity (Wildman–Crippen MR) is 37.4 cm³/mol. The Hall–Kier alpha value is -1.22. The second-order valence-corrected chi connectivity index (χ2v) is 2.27. The first-order valence-electron chi connectivity index (χ1n) is 2.99. The quantitative estimate of drug-likeness (QED) is 0.355. The van der Waals surface area contributed by atoms with E-state index in [0.717, 1.165) is 0 Å². The Balaban J connectivity index is 3.50. The molecule has 2 amide bonds. The number of carbonyl (C=O) groups excluding carboxylic acids is 1. The van der Waals surface area contributed by atoms with Gasteiger partial charge in [-0.05, 0) is 11.4 Å². The Kier molecular flexibility index (Phi) is 4.07. The van der Waals surface area contributed by atoms with Crippen LogP contribution in [0.1, 0.15) is 13.8 Å². The molecule has 10 heavy (non-hydrogen) atoms. The largest absolute Gasteiger partial charge is 0.350 e. The van der Waals surface area contributed by atoms with Gasteiger partial charge in [-0.25, -0.2) is 0 Å². The Bertz CT molecular complexity index is 159. The third-order valence-corrected chi connectivity index (χ3v) is 0.797. The molecule has 0 radical (unpaired) electrons. The topological polar surface area (TPSA) is 77.9 Å². The summed E-state index contributed by atoms with van der Waals surface area (Å²) in [7, 11) is 0. The molecule has 0 saturated carbocycles. The van der Waals surface area contributed by atoms with Crippen LogP contribution in [0, 0.1) is 5.92 Å². The molecule has 5 nitrogen and oxygen atoms in total. The van der Waals surface area contributed by atoms with Gasteiger partial charge in [0.15, 0.2) is 0 Å². The molecule has 0 unspecified atom stereocenters. The van der Waals surface area contributed by atoms with Gasteiger partial charge >= 0.3 is 6.03 Å². The van der Waals surface area contributed by atoms with Gasteiger partial charge in [-0.15, -0.1) is 0 Å². The summed E-state index contributed by atoms with van der Waals surface area (Å²) in [6.07, 6.45) is 0. The maximum absolute atomic E-state index is 10.4. The molecule has 0 spiro atoms. The molecular formula is C5H10N4O. The van der Waals surface area contributed by atoms with E-state index in [2.05, 4.69) is 15.3 Å². The third-order valence-electron chi connectivity index (χ3n) is 0.797. The number of urea groups is 1. The van der Waals surface area contributed by atoms with Gasteiger partial charge in [0.1, 0.15) is 0 Å². The van der Waals surface area contributed by atoms with Gasteiger partial charge in [0.25, 0.3) is 0 Å². The highest BCUT2D eigenvalue weighted by molar-refractivity contribution is 5.74. The number of hydrogen-bond acceptors (Lipinski definition) is 1. The van der Waals surface area contributed by atoms with Crippen molar-refractivity contribution in [2.24, 2.45) is 11.0 Å². The zero-order valence-corrected chi connectivity index (χ0v) is 6.03. The summed E-state index contributed by atoms with van der Waals surface area (Å²) in [6.45, 7) is 4.45. The first-order valence-corrected chi connectivity index (χ1v) is 2.99. The summed E-state index contributed by atoms with van der Waals surface area (Å²) in [4.78, 5) is 12.7. The molecule has 0 aliphatic rings. The fourth-order valence-electron chi connectivity index (χ4n) is 0.367. The van der Waals surface area contributed by atoms with Crippen molar-refractivity contribution in [2.45, 2.75) is 13.8 Å². The number of azide groups is 1. The summed E-state index contributed by atoms with van der Waals surface area (Å²) in [5.41, 5.74) is 7.80. The molecule has 0 aromatic rings. The van der Waals surface area contributed by atoms with Crippen LogP contribution in [-0.4, -0.2) is 12.6 Å². The summed E-state index contributed by atoms with van der Waals surface area (Å²) in [6, 6.07) is -0.615. The van der Waals surface area contributed by atoms with Gasteiger partial charge in [-0.1, -0.05) is 13.8 Å². The lowest BCUT2D eigenvalue weighted by Crippen LogP contribution is -2.23. The molecule has 0 aliphatic carbocycles. The summed E-state index contributed by atoms with van der Waals surface area (Å²) >= 11 is 0. The smallest absolute Gasteiger partial charge is 0.308 e. The van der Waals surface area contributed by atoms with Gasteiger partial charge < -0.3 is 5.32 Å². The molecular weight excluding hydrogens is 132 g/mol. The Morgan fingerprint density at radius 1 is 1.80 bits per heavy atom. The highest BCUT2D eigenvalue weighted by Crippen LogP contribution is 1.87. The van der Waals surface area contributed by atoms with E-state index in [4.69, 9.17) is 5.53 Å². The number of hydrogen-bond donors (Lipinski definition) is 1. The number of nitrogens with one attached hydrogen (secondary N) is 1. The number of carbonyl (C=O) groups is 1. The Labute approximate surface area is 59.0 Å². The normalized spacial score (nSPS) is 8.70. The van der Waals surface area contributed by atoms with Crippen LogP contribution in [-0.2, 0) is 0 Å². The molecule has 0 fully saturated rings. The van der Waals surface area contributed by atoms with Crippen LogP contribution in [0.3, 0.4) is 0 Å². The number of rotatable bonds is 2. The minimum absolute atomic E-state index is 0.373. The van der Waals surface area contributed by atoms with Gasteiger partial charge in [0.05, 0.1) is 0 Å². The van der Waals surface area contributed by atoms with Gasteiger partial charge in [0, 0.05) is 16.6 Å². The van der Waals surface area contributed by atoms with E-state index in [1.807, 2.05) is 13.8 Å². The monoisotopic (exact) mass is 142 g/mol. The van der Waals surface area contributed by atoms with Crippen LogP contribution in [0.15, 0.2) is 5.11 Å². The van der Waals surface area contributed by atoms with Crippen LogP contribution in [0.5, 0.6) is 0 Å². The first kappa shape index (κ1) is 8.78. The molecule has 0 saturated heterocycles. The molecule has 1 N–H and O–H groups in total. The molecule has 0 rings (SSSR count). The average Bonchev–Trinajstić information content (AvgIpc) is 1.85. The first-order chi connectivity index (χ1) is 4.66.